The molecule has 2 aromatic heterocycles. The van der Waals surface area contributed by atoms with Crippen molar-refractivity contribution in [3.05, 3.63) is 53.7 Å². The van der Waals surface area contributed by atoms with Crippen molar-refractivity contribution in [1.82, 2.24) is 15.0 Å². The predicted molar refractivity (Wildman–Crippen MR) is 89.2 cm³/mol. The van der Waals surface area contributed by atoms with Gasteiger partial charge in [-0.15, -0.1) is 0 Å². The number of hydrogen-bond donors (Lipinski definition) is 2. The first kappa shape index (κ1) is 17.2. The van der Waals surface area contributed by atoms with E-state index >= 15 is 0 Å². The van der Waals surface area contributed by atoms with Crippen LogP contribution in [0.4, 0.5) is 24.9 Å². The molecule has 26 heavy (non-hydrogen) atoms. The topological polar surface area (TPSA) is 114 Å². The van der Waals surface area contributed by atoms with Crippen LogP contribution in [0.1, 0.15) is 11.1 Å². The number of hydrogen-bond acceptors (Lipinski definition) is 6. The van der Waals surface area contributed by atoms with Crippen LogP contribution in [-0.4, -0.2) is 15.0 Å². The van der Waals surface area contributed by atoms with Gasteiger partial charge in [-0.25, -0.2) is 4.98 Å². The third kappa shape index (κ3) is 3.25. The summed E-state index contributed by atoms with van der Waals surface area (Å²) in [5, 5.41) is 9.22. The van der Waals surface area contributed by atoms with E-state index in [-0.39, 0.29) is 23.0 Å². The average Bonchev–Trinajstić information content (AvgIpc) is 2.61. The average molecular weight is 356 g/mol. The fourth-order valence-electron chi connectivity index (χ4n) is 2.35. The van der Waals surface area contributed by atoms with Crippen LogP contribution in [0.25, 0.3) is 22.5 Å². The molecule has 3 rings (SSSR count). The van der Waals surface area contributed by atoms with Crippen LogP contribution in [-0.2, 0) is 6.18 Å². The van der Waals surface area contributed by atoms with Gasteiger partial charge in [0.25, 0.3) is 0 Å². The van der Waals surface area contributed by atoms with Gasteiger partial charge in [0.05, 0.1) is 17.0 Å². The molecule has 0 aliphatic rings. The maximum absolute atomic E-state index is 12.6. The number of halogens is 3. The number of aromatic nitrogens is 3. The SMILES string of the molecule is N#Cc1c(N)nc(N)nc1-c1ccc(-c2ccc(C(F)(F)F)cn2)cc1. The van der Waals surface area contributed by atoms with Crippen molar-refractivity contribution in [2.75, 3.05) is 11.5 Å². The van der Waals surface area contributed by atoms with Gasteiger partial charge in [0.1, 0.15) is 17.5 Å². The molecule has 0 aliphatic heterocycles. The summed E-state index contributed by atoms with van der Waals surface area (Å²) in [5.41, 5.74) is 12.4. The molecule has 0 spiro atoms. The van der Waals surface area contributed by atoms with Crippen LogP contribution in [0.15, 0.2) is 42.6 Å². The summed E-state index contributed by atoms with van der Waals surface area (Å²) in [5.74, 6) is -0.0894. The van der Waals surface area contributed by atoms with Crippen molar-refractivity contribution < 1.29 is 13.2 Å². The Morgan fingerprint density at radius 1 is 0.923 bits per heavy atom. The third-order valence-corrected chi connectivity index (χ3v) is 3.61. The number of nitriles is 1. The summed E-state index contributed by atoms with van der Waals surface area (Å²) >= 11 is 0. The molecule has 0 saturated carbocycles. The largest absolute Gasteiger partial charge is 0.417 e. The van der Waals surface area contributed by atoms with Crippen molar-refractivity contribution in [2.24, 2.45) is 0 Å². The van der Waals surface area contributed by atoms with Crippen molar-refractivity contribution in [1.29, 1.82) is 5.26 Å². The monoisotopic (exact) mass is 356 g/mol. The molecule has 9 heteroatoms. The van der Waals surface area contributed by atoms with Gasteiger partial charge < -0.3 is 11.5 Å². The summed E-state index contributed by atoms with van der Waals surface area (Å²) < 4.78 is 37.8. The number of nitrogens with zero attached hydrogens (tertiary/aromatic N) is 4. The van der Waals surface area contributed by atoms with Crippen LogP contribution >= 0.6 is 0 Å². The highest BCUT2D eigenvalue weighted by atomic mass is 19.4. The summed E-state index contributed by atoms with van der Waals surface area (Å²) in [6.45, 7) is 0. The molecule has 3 aromatic rings. The summed E-state index contributed by atoms with van der Waals surface area (Å²) in [6.07, 6.45) is -3.65. The van der Waals surface area contributed by atoms with Gasteiger partial charge >= 0.3 is 6.18 Å². The second kappa shape index (κ2) is 6.33. The Morgan fingerprint density at radius 2 is 1.58 bits per heavy atom. The minimum atomic E-state index is -4.43. The van der Waals surface area contributed by atoms with Gasteiger partial charge in [-0.3, -0.25) is 4.98 Å². The normalized spacial score (nSPS) is 11.2. The number of benzene rings is 1. The first-order valence-electron chi connectivity index (χ1n) is 7.26. The lowest BCUT2D eigenvalue weighted by Crippen LogP contribution is -2.05. The number of pyridine rings is 1. The lowest BCUT2D eigenvalue weighted by atomic mass is 10.0. The van der Waals surface area contributed by atoms with Crippen LogP contribution in [0.3, 0.4) is 0 Å². The molecule has 1 aromatic carbocycles. The van der Waals surface area contributed by atoms with E-state index in [4.69, 9.17) is 11.5 Å². The molecule has 0 bridgehead atoms. The number of rotatable bonds is 2. The molecule has 0 fully saturated rings. The Balaban J connectivity index is 1.96. The van der Waals surface area contributed by atoms with Crippen molar-refractivity contribution in [3.63, 3.8) is 0 Å². The zero-order chi connectivity index (χ0) is 18.9. The lowest BCUT2D eigenvalue weighted by Gasteiger charge is -2.09. The molecule has 0 amide bonds. The molecule has 2 heterocycles. The second-order valence-corrected chi connectivity index (χ2v) is 5.31. The molecule has 0 saturated heterocycles. The van der Waals surface area contributed by atoms with Gasteiger partial charge in [0.2, 0.25) is 5.95 Å². The summed E-state index contributed by atoms with van der Waals surface area (Å²) in [4.78, 5) is 11.6. The fraction of sp³-hybridized carbons (Fsp3) is 0.0588. The van der Waals surface area contributed by atoms with Crippen molar-refractivity contribution in [2.45, 2.75) is 6.18 Å². The summed E-state index contributed by atoms with van der Waals surface area (Å²) in [6, 6.07) is 10.8. The van der Waals surface area contributed by atoms with Gasteiger partial charge in [0, 0.05) is 17.3 Å². The maximum Gasteiger partial charge on any atom is 0.417 e. The van der Waals surface area contributed by atoms with Crippen molar-refractivity contribution >= 4 is 11.8 Å². The highest BCUT2D eigenvalue weighted by Crippen LogP contribution is 2.31. The van der Waals surface area contributed by atoms with Crippen LogP contribution < -0.4 is 11.5 Å². The Labute approximate surface area is 146 Å². The molecule has 130 valence electrons. The van der Waals surface area contributed by atoms with E-state index in [0.29, 0.717) is 16.8 Å². The zero-order valence-electron chi connectivity index (χ0n) is 13.1. The Morgan fingerprint density at radius 3 is 2.12 bits per heavy atom. The fourth-order valence-corrected chi connectivity index (χ4v) is 2.35. The van der Waals surface area contributed by atoms with Gasteiger partial charge in [-0.2, -0.15) is 23.4 Å². The predicted octanol–water partition coefficient (Wildman–Crippen LogP) is 3.26. The molecular formula is C17H11F3N6. The van der Waals surface area contributed by atoms with Crippen LogP contribution in [0.2, 0.25) is 0 Å². The van der Waals surface area contributed by atoms with Gasteiger partial charge in [-0.05, 0) is 12.1 Å². The quantitative estimate of drug-likeness (QED) is 0.728. The number of nitrogen functional groups attached to an aromatic ring is 2. The summed E-state index contributed by atoms with van der Waals surface area (Å²) in [7, 11) is 0. The van der Waals surface area contributed by atoms with Gasteiger partial charge in [0.15, 0.2) is 0 Å². The highest BCUT2D eigenvalue weighted by molar-refractivity contribution is 5.75. The highest BCUT2D eigenvalue weighted by Gasteiger charge is 2.30. The first-order valence-corrected chi connectivity index (χ1v) is 7.26. The van der Waals surface area contributed by atoms with Crippen LogP contribution in [0, 0.1) is 11.3 Å². The second-order valence-electron chi connectivity index (χ2n) is 5.31. The van der Waals surface area contributed by atoms with Crippen LogP contribution in [0.5, 0.6) is 0 Å². The smallest absolute Gasteiger partial charge is 0.382 e. The van der Waals surface area contributed by atoms with E-state index in [1.807, 2.05) is 6.07 Å². The number of nitrogens with two attached hydrogens (primary N) is 2. The molecule has 4 N–H and O–H groups in total. The van der Waals surface area contributed by atoms with Gasteiger partial charge in [-0.1, -0.05) is 24.3 Å². The Bertz CT molecular complexity index is 989. The lowest BCUT2D eigenvalue weighted by molar-refractivity contribution is -0.137. The van der Waals surface area contributed by atoms with E-state index < -0.39 is 11.7 Å². The van der Waals surface area contributed by atoms with E-state index in [1.54, 1.807) is 24.3 Å². The van der Waals surface area contributed by atoms with E-state index in [0.717, 1.165) is 12.3 Å². The molecular weight excluding hydrogens is 345 g/mol. The van der Waals surface area contributed by atoms with E-state index in [1.165, 1.54) is 6.07 Å². The molecule has 0 atom stereocenters. The van der Waals surface area contributed by atoms with E-state index in [2.05, 4.69) is 15.0 Å². The first-order chi connectivity index (χ1) is 12.3. The number of alkyl halides is 3. The van der Waals surface area contributed by atoms with E-state index in [9.17, 15) is 18.4 Å². The number of anilines is 2. The zero-order valence-corrected chi connectivity index (χ0v) is 13.1. The Kier molecular flexibility index (Phi) is 4.18. The molecule has 6 nitrogen and oxygen atoms in total. The van der Waals surface area contributed by atoms with Crippen molar-refractivity contribution in [3.8, 4) is 28.6 Å². The Hall–Kier alpha value is -3.67. The molecule has 0 aliphatic carbocycles. The minimum Gasteiger partial charge on any atom is -0.382 e. The minimum absolute atomic E-state index is 0.0246. The molecule has 0 unspecified atom stereocenters. The third-order valence-electron chi connectivity index (χ3n) is 3.61. The molecule has 0 radical (unpaired) electrons. The maximum atomic E-state index is 12.6. The standard InChI is InChI=1S/C17H11F3N6/c18-17(19,20)11-5-6-13(24-8-11)9-1-3-10(4-2-9)14-12(7-21)15(22)26-16(23)25-14/h1-6,8H,(H4,22,23,25,26).